The van der Waals surface area contributed by atoms with Gasteiger partial charge in [-0.1, -0.05) is 42.5 Å². The van der Waals surface area contributed by atoms with Crippen LogP contribution in [0.2, 0.25) is 0 Å². The molecule has 0 bridgehead atoms. The van der Waals surface area contributed by atoms with Gasteiger partial charge in [-0.25, -0.2) is 15.8 Å². The summed E-state index contributed by atoms with van der Waals surface area (Å²) < 4.78 is 16.4. The van der Waals surface area contributed by atoms with Crippen molar-refractivity contribution >= 4 is 52.7 Å². The van der Waals surface area contributed by atoms with E-state index in [4.69, 9.17) is 13.9 Å². The summed E-state index contributed by atoms with van der Waals surface area (Å²) in [6, 6.07) is 39.5. The number of oxazole rings is 1. The lowest BCUT2D eigenvalue weighted by Crippen LogP contribution is -2.18. The smallest absolute Gasteiger partial charge is 0.271 e. The van der Waals surface area contributed by atoms with E-state index in [1.165, 1.54) is 12.4 Å². The van der Waals surface area contributed by atoms with Crippen molar-refractivity contribution in [3.05, 3.63) is 178 Å². The fourth-order valence-corrected chi connectivity index (χ4v) is 5.87. The molecule has 0 aliphatic carbocycles. The van der Waals surface area contributed by atoms with E-state index in [-0.39, 0.29) is 18.1 Å². The molecule has 3 amide bonds. The van der Waals surface area contributed by atoms with Crippen molar-refractivity contribution in [1.82, 2.24) is 15.8 Å². The van der Waals surface area contributed by atoms with E-state index in [0.717, 1.165) is 16.7 Å². The molecule has 59 heavy (non-hydrogen) atoms. The summed E-state index contributed by atoms with van der Waals surface area (Å²) in [5.41, 5.74) is 11.1. The summed E-state index contributed by atoms with van der Waals surface area (Å²) >= 11 is 0. The normalized spacial score (nSPS) is 11.1. The molecule has 292 valence electrons. The van der Waals surface area contributed by atoms with Crippen LogP contribution in [-0.2, 0) is 6.42 Å². The third kappa shape index (κ3) is 9.98. The zero-order valence-corrected chi connectivity index (χ0v) is 31.8. The number of hydrazone groups is 2. The molecule has 3 N–H and O–H groups in total. The first-order valence-corrected chi connectivity index (χ1v) is 18.2. The van der Waals surface area contributed by atoms with Crippen LogP contribution in [0, 0.1) is 0 Å². The van der Waals surface area contributed by atoms with Gasteiger partial charge in [-0.05, 0) is 114 Å². The monoisotopic (exact) mass is 784 g/mol. The van der Waals surface area contributed by atoms with Gasteiger partial charge in [-0.15, -0.1) is 0 Å². The Morgan fingerprint density at radius 2 is 1.14 bits per heavy atom. The van der Waals surface area contributed by atoms with Crippen LogP contribution in [0.25, 0.3) is 22.6 Å². The Balaban J connectivity index is 0.906. The second-order valence-electron chi connectivity index (χ2n) is 13.1. The van der Waals surface area contributed by atoms with Gasteiger partial charge in [0.1, 0.15) is 17.0 Å². The highest BCUT2D eigenvalue weighted by Crippen LogP contribution is 2.27. The van der Waals surface area contributed by atoms with Crippen LogP contribution in [0.4, 0.5) is 5.69 Å². The predicted molar refractivity (Wildman–Crippen MR) is 224 cm³/mol. The van der Waals surface area contributed by atoms with Gasteiger partial charge < -0.3 is 19.2 Å². The molecule has 0 atom stereocenters. The summed E-state index contributed by atoms with van der Waals surface area (Å²) in [7, 11) is 3.15. The number of ether oxygens (including phenoxy) is 2. The van der Waals surface area contributed by atoms with E-state index >= 15 is 0 Å². The number of carbonyl (C=O) groups excluding carboxylic acids is 4. The maximum absolute atomic E-state index is 13.1. The second kappa shape index (κ2) is 18.2. The van der Waals surface area contributed by atoms with Gasteiger partial charge >= 0.3 is 0 Å². The number of amides is 3. The van der Waals surface area contributed by atoms with Crippen molar-refractivity contribution < 1.29 is 33.1 Å². The van der Waals surface area contributed by atoms with E-state index in [2.05, 4.69) is 31.4 Å². The maximum atomic E-state index is 13.1. The molecular formula is C46H36N6O7. The number of hydrogen-bond acceptors (Lipinski definition) is 10. The number of benzene rings is 6. The first-order valence-electron chi connectivity index (χ1n) is 18.2. The predicted octanol–water partition coefficient (Wildman–Crippen LogP) is 7.72. The molecule has 0 saturated heterocycles. The van der Waals surface area contributed by atoms with Crippen LogP contribution < -0.4 is 25.6 Å². The molecule has 0 spiro atoms. The van der Waals surface area contributed by atoms with Crippen molar-refractivity contribution in [1.29, 1.82) is 0 Å². The van der Waals surface area contributed by atoms with Gasteiger partial charge in [0.25, 0.3) is 17.7 Å². The summed E-state index contributed by atoms with van der Waals surface area (Å²) in [5.74, 6) is 0.428. The van der Waals surface area contributed by atoms with Crippen LogP contribution in [0.3, 0.4) is 0 Å². The highest BCUT2D eigenvalue weighted by molar-refractivity contribution is 6.05. The number of rotatable bonds is 14. The number of anilines is 1. The number of aromatic nitrogens is 1. The number of nitrogens with one attached hydrogen (secondary N) is 3. The van der Waals surface area contributed by atoms with Crippen molar-refractivity contribution in [2.75, 3.05) is 19.5 Å². The molecule has 0 radical (unpaired) electrons. The number of fused-ring (bicyclic) bond motifs is 1. The molecule has 6 aromatic carbocycles. The van der Waals surface area contributed by atoms with Crippen molar-refractivity contribution in [2.24, 2.45) is 10.2 Å². The quantitative estimate of drug-likeness (QED) is 0.0571. The Hall–Kier alpha value is -8.19. The minimum absolute atomic E-state index is 0.117. The Morgan fingerprint density at radius 3 is 1.68 bits per heavy atom. The van der Waals surface area contributed by atoms with Crippen LogP contribution in [0.1, 0.15) is 58.1 Å². The van der Waals surface area contributed by atoms with Gasteiger partial charge in [0.15, 0.2) is 11.4 Å². The lowest BCUT2D eigenvalue weighted by Gasteiger charge is -2.07. The summed E-state index contributed by atoms with van der Waals surface area (Å²) in [6.45, 7) is 0. The average Bonchev–Trinajstić information content (AvgIpc) is 3.70. The third-order valence-corrected chi connectivity index (χ3v) is 9.03. The zero-order valence-electron chi connectivity index (χ0n) is 31.8. The molecule has 13 nitrogen and oxygen atoms in total. The van der Waals surface area contributed by atoms with Crippen LogP contribution >= 0.6 is 0 Å². The van der Waals surface area contributed by atoms with Crippen LogP contribution in [0.15, 0.2) is 154 Å². The molecule has 0 fully saturated rings. The van der Waals surface area contributed by atoms with E-state index in [1.54, 1.807) is 111 Å². The van der Waals surface area contributed by atoms with E-state index in [0.29, 0.717) is 62.0 Å². The topological polar surface area (TPSA) is 174 Å². The zero-order chi connectivity index (χ0) is 41.1. The summed E-state index contributed by atoms with van der Waals surface area (Å²) in [5, 5.41) is 10.9. The lowest BCUT2D eigenvalue weighted by molar-refractivity contribution is 0.0947. The van der Waals surface area contributed by atoms with Gasteiger partial charge in [0.05, 0.1) is 26.6 Å². The Bertz CT molecular complexity index is 2710. The highest BCUT2D eigenvalue weighted by Gasteiger charge is 2.14. The lowest BCUT2D eigenvalue weighted by atomic mass is 10.0. The minimum atomic E-state index is -0.421. The second-order valence-corrected chi connectivity index (χ2v) is 13.1. The third-order valence-electron chi connectivity index (χ3n) is 9.03. The molecule has 0 unspecified atom stereocenters. The van der Waals surface area contributed by atoms with Crippen molar-refractivity contribution in [2.45, 2.75) is 6.42 Å². The molecule has 0 aliphatic heterocycles. The molecular weight excluding hydrogens is 749 g/mol. The Labute approximate surface area is 338 Å². The molecule has 0 saturated carbocycles. The first-order chi connectivity index (χ1) is 28.7. The Morgan fingerprint density at radius 1 is 0.610 bits per heavy atom. The maximum Gasteiger partial charge on any atom is 0.271 e. The molecule has 1 heterocycles. The average molecular weight is 785 g/mol. The van der Waals surface area contributed by atoms with Crippen LogP contribution in [0.5, 0.6) is 11.5 Å². The van der Waals surface area contributed by atoms with Gasteiger partial charge in [-0.3, -0.25) is 19.2 Å². The SMILES string of the molecule is COc1cccc(/C=N/NC(=O)c2ccc(C(=O)Cc3ccc4nc(-c5ccc(NC(=O)c6ccc(C(=O)N/N=C/c7cccc(OC)c7)cc6)cc5)oc4c3)cc2)c1. The van der Waals surface area contributed by atoms with Gasteiger partial charge in [0, 0.05) is 39.9 Å². The van der Waals surface area contributed by atoms with Crippen LogP contribution in [-0.4, -0.2) is 55.1 Å². The minimum Gasteiger partial charge on any atom is -0.497 e. The van der Waals surface area contributed by atoms with Crippen molar-refractivity contribution in [3.63, 3.8) is 0 Å². The number of methoxy groups -OCH3 is 2. The van der Waals surface area contributed by atoms with E-state index in [9.17, 15) is 19.2 Å². The number of Topliss-reactive ketones (excluding diaryl/α,β-unsaturated/α-hetero) is 1. The van der Waals surface area contributed by atoms with E-state index in [1.807, 2.05) is 42.5 Å². The number of ketones is 1. The largest absolute Gasteiger partial charge is 0.497 e. The highest BCUT2D eigenvalue weighted by atomic mass is 16.5. The number of nitrogens with zero attached hydrogens (tertiary/aromatic N) is 3. The Kier molecular flexibility index (Phi) is 12.0. The molecule has 7 rings (SSSR count). The van der Waals surface area contributed by atoms with E-state index < -0.39 is 11.8 Å². The van der Waals surface area contributed by atoms with Gasteiger partial charge in [-0.2, -0.15) is 10.2 Å². The first kappa shape index (κ1) is 39.1. The molecule has 0 aliphatic rings. The standard InChI is InChI=1S/C46H36N6O7/c1-57-38-7-3-5-30(23-38)27-47-51-44(55)34-12-10-32(11-13-34)41(53)25-29-9-22-40-42(26-29)59-46(50-40)36-18-20-37(21-19-36)49-43(54)33-14-16-35(17-15-33)45(56)52-48-28-31-6-4-8-39(24-31)58-2/h3-24,26-28H,25H2,1-2H3,(H,49,54)(H,51,55)(H,52,56)/b47-27+,48-28+. The fraction of sp³-hybridized carbons (Fsp3) is 0.0652. The molecule has 1 aromatic heterocycles. The van der Waals surface area contributed by atoms with Gasteiger partial charge in [0.2, 0.25) is 5.89 Å². The molecule has 13 heteroatoms. The number of carbonyl (C=O) groups is 4. The number of hydrogen-bond donors (Lipinski definition) is 3. The fourth-order valence-electron chi connectivity index (χ4n) is 5.87. The summed E-state index contributed by atoms with van der Waals surface area (Å²) in [4.78, 5) is 55.8. The molecule has 7 aromatic rings. The van der Waals surface area contributed by atoms with Crippen molar-refractivity contribution in [3.8, 4) is 23.0 Å². The summed E-state index contributed by atoms with van der Waals surface area (Å²) in [6.07, 6.45) is 3.14.